The summed E-state index contributed by atoms with van der Waals surface area (Å²) in [5.74, 6) is -0.146. The van der Waals surface area contributed by atoms with Gasteiger partial charge in [0.05, 0.1) is 0 Å². The van der Waals surface area contributed by atoms with E-state index in [0.717, 1.165) is 6.54 Å². The van der Waals surface area contributed by atoms with Crippen molar-refractivity contribution in [2.75, 3.05) is 13.6 Å². The zero-order chi connectivity index (χ0) is 9.97. The lowest BCUT2D eigenvalue weighted by molar-refractivity contribution is 0.187. The molecule has 0 bridgehead atoms. The highest BCUT2D eigenvalue weighted by atomic mass is 19.1. The minimum atomic E-state index is -0.146. The van der Waals surface area contributed by atoms with Gasteiger partial charge in [0.1, 0.15) is 5.82 Å². The molecule has 1 aromatic carbocycles. The maximum Gasteiger partial charge on any atom is 0.123 e. The van der Waals surface area contributed by atoms with Crippen LogP contribution in [0.25, 0.3) is 0 Å². The first kappa shape index (κ1) is 9.66. The van der Waals surface area contributed by atoms with Crippen LogP contribution in [0.15, 0.2) is 24.3 Å². The molecule has 0 N–H and O–H groups in total. The minimum Gasteiger partial charge on any atom is -0.299 e. The van der Waals surface area contributed by atoms with Crippen LogP contribution < -0.4 is 0 Å². The second-order valence-electron chi connectivity index (χ2n) is 4.04. The van der Waals surface area contributed by atoms with Crippen LogP contribution in [0.4, 0.5) is 4.39 Å². The van der Waals surface area contributed by atoms with Gasteiger partial charge in [-0.15, -0.1) is 0 Å². The van der Waals surface area contributed by atoms with Gasteiger partial charge < -0.3 is 0 Å². The lowest BCUT2D eigenvalue weighted by Gasteiger charge is -2.32. The summed E-state index contributed by atoms with van der Waals surface area (Å²) < 4.78 is 12.7. The van der Waals surface area contributed by atoms with Gasteiger partial charge in [-0.2, -0.15) is 0 Å². The van der Waals surface area contributed by atoms with Crippen molar-refractivity contribution in [3.63, 3.8) is 0 Å². The van der Waals surface area contributed by atoms with E-state index in [1.165, 1.54) is 24.8 Å². The Balaban J connectivity index is 2.16. The van der Waals surface area contributed by atoms with Crippen molar-refractivity contribution >= 4 is 0 Å². The van der Waals surface area contributed by atoms with Crippen LogP contribution in [0.1, 0.15) is 30.9 Å². The Morgan fingerprint density at radius 3 is 2.57 bits per heavy atom. The zero-order valence-electron chi connectivity index (χ0n) is 8.54. The second kappa shape index (κ2) is 4.09. The average Bonchev–Trinajstić information content (AvgIpc) is 2.20. The number of nitrogens with zero attached hydrogens (tertiary/aromatic N) is 1. The molecule has 1 aliphatic rings. The van der Waals surface area contributed by atoms with Crippen molar-refractivity contribution < 1.29 is 4.39 Å². The van der Waals surface area contributed by atoms with Crippen LogP contribution in [0, 0.1) is 5.82 Å². The molecular weight excluding hydrogens is 177 g/mol. The molecule has 0 aliphatic carbocycles. The standard InChI is InChI=1S/C12H16FN/c1-14-9-3-2-4-12(14)10-5-7-11(13)8-6-10/h5-8,12H,2-4,9H2,1H3/t12-/m0/s1. The SMILES string of the molecule is CN1CCCC[C@H]1c1ccc(F)cc1. The van der Waals surface area contributed by atoms with Crippen molar-refractivity contribution in [3.05, 3.63) is 35.6 Å². The summed E-state index contributed by atoms with van der Waals surface area (Å²) in [4.78, 5) is 2.36. The maximum atomic E-state index is 12.7. The van der Waals surface area contributed by atoms with E-state index in [0.29, 0.717) is 6.04 Å². The van der Waals surface area contributed by atoms with Gasteiger partial charge in [0, 0.05) is 6.04 Å². The second-order valence-corrected chi connectivity index (χ2v) is 4.04. The van der Waals surface area contributed by atoms with E-state index in [-0.39, 0.29) is 5.82 Å². The van der Waals surface area contributed by atoms with Gasteiger partial charge >= 0.3 is 0 Å². The van der Waals surface area contributed by atoms with Gasteiger partial charge in [0.15, 0.2) is 0 Å². The number of piperidine rings is 1. The maximum absolute atomic E-state index is 12.7. The van der Waals surface area contributed by atoms with Gasteiger partial charge in [-0.25, -0.2) is 4.39 Å². The third kappa shape index (κ3) is 1.95. The van der Waals surface area contributed by atoms with Crippen LogP contribution >= 0.6 is 0 Å². The minimum absolute atomic E-state index is 0.146. The highest BCUT2D eigenvalue weighted by Gasteiger charge is 2.19. The fraction of sp³-hybridized carbons (Fsp3) is 0.500. The molecule has 1 saturated heterocycles. The molecule has 1 nitrogen and oxygen atoms in total. The average molecular weight is 193 g/mol. The quantitative estimate of drug-likeness (QED) is 0.662. The first-order chi connectivity index (χ1) is 6.77. The van der Waals surface area contributed by atoms with Crippen molar-refractivity contribution in [3.8, 4) is 0 Å². The number of hydrogen-bond acceptors (Lipinski definition) is 1. The predicted molar refractivity (Wildman–Crippen MR) is 55.6 cm³/mol. The largest absolute Gasteiger partial charge is 0.299 e. The molecule has 1 atom stereocenters. The number of rotatable bonds is 1. The Hall–Kier alpha value is -0.890. The molecular formula is C12H16FN. The lowest BCUT2D eigenvalue weighted by atomic mass is 9.96. The monoisotopic (exact) mass is 193 g/mol. The molecule has 0 radical (unpaired) electrons. The van der Waals surface area contributed by atoms with E-state index in [1.807, 2.05) is 12.1 Å². The fourth-order valence-corrected chi connectivity index (χ4v) is 2.18. The van der Waals surface area contributed by atoms with E-state index in [1.54, 1.807) is 12.1 Å². The van der Waals surface area contributed by atoms with Crippen LogP contribution in [-0.2, 0) is 0 Å². The smallest absolute Gasteiger partial charge is 0.123 e. The van der Waals surface area contributed by atoms with E-state index in [9.17, 15) is 4.39 Å². The normalized spacial score (nSPS) is 23.7. The van der Waals surface area contributed by atoms with Crippen molar-refractivity contribution in [2.24, 2.45) is 0 Å². The topological polar surface area (TPSA) is 3.24 Å². The highest BCUT2D eigenvalue weighted by molar-refractivity contribution is 5.20. The first-order valence-electron chi connectivity index (χ1n) is 5.23. The van der Waals surface area contributed by atoms with Crippen LogP contribution in [-0.4, -0.2) is 18.5 Å². The van der Waals surface area contributed by atoms with E-state index in [2.05, 4.69) is 11.9 Å². The Labute approximate surface area is 84.5 Å². The number of benzene rings is 1. The summed E-state index contributed by atoms with van der Waals surface area (Å²) in [6.07, 6.45) is 3.77. The number of halogens is 1. The summed E-state index contributed by atoms with van der Waals surface area (Å²) in [6.45, 7) is 1.15. The Bertz CT molecular complexity index is 294. The zero-order valence-corrected chi connectivity index (χ0v) is 8.54. The Morgan fingerprint density at radius 1 is 1.21 bits per heavy atom. The molecule has 0 saturated carbocycles. The van der Waals surface area contributed by atoms with Crippen molar-refractivity contribution in [2.45, 2.75) is 25.3 Å². The molecule has 1 aliphatic heterocycles. The molecule has 0 spiro atoms. The summed E-state index contributed by atoms with van der Waals surface area (Å²) in [6, 6.07) is 7.41. The third-order valence-electron chi connectivity index (χ3n) is 3.03. The van der Waals surface area contributed by atoms with Crippen LogP contribution in [0.3, 0.4) is 0 Å². The lowest BCUT2D eigenvalue weighted by Crippen LogP contribution is -2.29. The molecule has 2 heteroatoms. The highest BCUT2D eigenvalue weighted by Crippen LogP contribution is 2.29. The fourth-order valence-electron chi connectivity index (χ4n) is 2.18. The summed E-state index contributed by atoms with van der Waals surface area (Å²) in [7, 11) is 2.15. The van der Waals surface area contributed by atoms with Gasteiger partial charge in [0.2, 0.25) is 0 Å². The number of hydrogen-bond donors (Lipinski definition) is 0. The molecule has 14 heavy (non-hydrogen) atoms. The van der Waals surface area contributed by atoms with E-state index >= 15 is 0 Å². The Morgan fingerprint density at radius 2 is 1.93 bits per heavy atom. The van der Waals surface area contributed by atoms with Gasteiger partial charge in [-0.1, -0.05) is 18.6 Å². The van der Waals surface area contributed by atoms with Crippen LogP contribution in [0.2, 0.25) is 0 Å². The Kier molecular flexibility index (Phi) is 2.82. The molecule has 1 fully saturated rings. The van der Waals surface area contributed by atoms with Crippen molar-refractivity contribution in [1.29, 1.82) is 0 Å². The van der Waals surface area contributed by atoms with E-state index in [4.69, 9.17) is 0 Å². The summed E-state index contributed by atoms with van der Waals surface area (Å²) in [5, 5.41) is 0. The predicted octanol–water partition coefficient (Wildman–Crippen LogP) is 2.98. The van der Waals surface area contributed by atoms with E-state index < -0.39 is 0 Å². The summed E-state index contributed by atoms with van der Waals surface area (Å²) in [5.41, 5.74) is 1.24. The molecule has 0 aromatic heterocycles. The summed E-state index contributed by atoms with van der Waals surface area (Å²) >= 11 is 0. The molecule has 1 aromatic rings. The molecule has 2 rings (SSSR count). The molecule has 0 amide bonds. The van der Waals surface area contributed by atoms with Gasteiger partial charge in [-0.05, 0) is 44.1 Å². The number of likely N-dealkylation sites (tertiary alicyclic amines) is 1. The van der Waals surface area contributed by atoms with Gasteiger partial charge in [-0.3, -0.25) is 4.90 Å². The first-order valence-corrected chi connectivity index (χ1v) is 5.23. The van der Waals surface area contributed by atoms with Crippen molar-refractivity contribution in [1.82, 2.24) is 4.90 Å². The molecule has 0 unspecified atom stereocenters. The third-order valence-corrected chi connectivity index (χ3v) is 3.03. The molecule has 76 valence electrons. The van der Waals surface area contributed by atoms with Gasteiger partial charge in [0.25, 0.3) is 0 Å². The van der Waals surface area contributed by atoms with Crippen LogP contribution in [0.5, 0.6) is 0 Å². The molecule has 1 heterocycles.